The van der Waals surface area contributed by atoms with Crippen molar-refractivity contribution in [3.8, 4) is 0 Å². The van der Waals surface area contributed by atoms with Crippen molar-refractivity contribution in [2.45, 2.75) is 18.8 Å². The van der Waals surface area contributed by atoms with E-state index in [9.17, 15) is 4.79 Å². The molecule has 0 saturated carbocycles. The Bertz CT molecular complexity index is 1230. The lowest BCUT2D eigenvalue weighted by Gasteiger charge is -2.17. The lowest BCUT2D eigenvalue weighted by molar-refractivity contribution is -0.116. The highest BCUT2D eigenvalue weighted by Gasteiger charge is 2.20. The number of nitrogens with one attached hydrogen (secondary N) is 2. The van der Waals surface area contributed by atoms with Gasteiger partial charge in [0, 0.05) is 30.1 Å². The number of carbonyl (C=O) groups is 1. The molecule has 0 spiro atoms. The predicted octanol–water partition coefficient (Wildman–Crippen LogP) is 4.24. The Morgan fingerprint density at radius 1 is 1.06 bits per heavy atom. The summed E-state index contributed by atoms with van der Waals surface area (Å²) < 4.78 is 1.14. The van der Waals surface area contributed by atoms with Crippen LogP contribution in [0.3, 0.4) is 0 Å². The number of amidine groups is 1. The summed E-state index contributed by atoms with van der Waals surface area (Å²) in [5, 5.41) is 11.7. The molecule has 32 heavy (non-hydrogen) atoms. The fourth-order valence-corrected chi connectivity index (χ4v) is 4.77. The van der Waals surface area contributed by atoms with Crippen molar-refractivity contribution in [1.82, 2.24) is 4.98 Å². The summed E-state index contributed by atoms with van der Waals surface area (Å²) in [5.41, 5.74) is 15.7. The molecule has 6 N–H and O–H groups in total. The van der Waals surface area contributed by atoms with Gasteiger partial charge in [-0.15, -0.1) is 11.3 Å². The fourth-order valence-electron chi connectivity index (χ4n) is 3.68. The molecule has 1 amide bonds. The summed E-state index contributed by atoms with van der Waals surface area (Å²) in [6, 6.07) is 23.7. The average molecular weight is 444 g/mol. The van der Waals surface area contributed by atoms with Gasteiger partial charge in [0.2, 0.25) is 5.91 Å². The molecular formula is C25H25N5OS. The molecule has 6 nitrogen and oxygen atoms in total. The van der Waals surface area contributed by atoms with E-state index in [0.717, 1.165) is 32.0 Å². The number of para-hydroxylation sites is 1. The number of carbonyl (C=O) groups excluding carboxylic acids is 1. The van der Waals surface area contributed by atoms with Crippen LogP contribution in [0.2, 0.25) is 0 Å². The van der Waals surface area contributed by atoms with Crippen molar-refractivity contribution < 1.29 is 4.79 Å². The molecule has 0 bridgehead atoms. The minimum atomic E-state index is -0.102. The Hall–Kier alpha value is -3.55. The number of nitrogens with two attached hydrogens (primary N) is 2. The van der Waals surface area contributed by atoms with E-state index in [2.05, 4.69) is 17.4 Å². The number of fused-ring (bicyclic) bond motifs is 1. The largest absolute Gasteiger partial charge is 0.384 e. The first-order valence-electron chi connectivity index (χ1n) is 10.4. The van der Waals surface area contributed by atoms with Crippen molar-refractivity contribution in [1.29, 1.82) is 5.41 Å². The highest BCUT2D eigenvalue weighted by Crippen LogP contribution is 2.35. The monoisotopic (exact) mass is 443 g/mol. The first kappa shape index (κ1) is 21.7. The third-order valence-corrected chi connectivity index (χ3v) is 6.38. The van der Waals surface area contributed by atoms with E-state index in [0.29, 0.717) is 18.5 Å². The lowest BCUT2D eigenvalue weighted by atomic mass is 9.91. The van der Waals surface area contributed by atoms with Gasteiger partial charge in [-0.3, -0.25) is 10.2 Å². The topological polar surface area (TPSA) is 118 Å². The number of hydrogen-bond donors (Lipinski definition) is 4. The van der Waals surface area contributed by atoms with Crippen LogP contribution < -0.4 is 16.8 Å². The van der Waals surface area contributed by atoms with Crippen LogP contribution >= 0.6 is 11.3 Å². The van der Waals surface area contributed by atoms with E-state index in [1.807, 2.05) is 60.7 Å². The van der Waals surface area contributed by atoms with Crippen LogP contribution in [0.25, 0.3) is 10.2 Å². The molecule has 0 aliphatic heterocycles. The second-order valence-electron chi connectivity index (χ2n) is 7.60. The van der Waals surface area contributed by atoms with Gasteiger partial charge < -0.3 is 16.8 Å². The summed E-state index contributed by atoms with van der Waals surface area (Å²) in [5.74, 6) is -0.0654. The van der Waals surface area contributed by atoms with Crippen molar-refractivity contribution in [3.05, 3.63) is 94.5 Å². The molecule has 1 atom stereocenters. The van der Waals surface area contributed by atoms with Gasteiger partial charge in [0.25, 0.3) is 0 Å². The molecule has 1 heterocycles. The first-order valence-corrected chi connectivity index (χ1v) is 11.2. The van der Waals surface area contributed by atoms with Crippen molar-refractivity contribution in [2.24, 2.45) is 11.5 Å². The number of benzene rings is 3. The molecule has 0 saturated heterocycles. The lowest BCUT2D eigenvalue weighted by Crippen LogP contribution is -2.16. The molecule has 1 aromatic heterocycles. The summed E-state index contributed by atoms with van der Waals surface area (Å²) in [4.78, 5) is 17.0. The van der Waals surface area contributed by atoms with Gasteiger partial charge in [-0.25, -0.2) is 4.98 Å². The maximum absolute atomic E-state index is 12.0. The van der Waals surface area contributed by atoms with Crippen LogP contribution in [-0.2, 0) is 11.2 Å². The maximum atomic E-state index is 12.0. The minimum absolute atomic E-state index is 0.0130. The number of hydrogen-bond acceptors (Lipinski definition) is 5. The van der Waals surface area contributed by atoms with Crippen LogP contribution in [0.15, 0.2) is 72.8 Å². The zero-order chi connectivity index (χ0) is 22.5. The zero-order valence-corrected chi connectivity index (χ0v) is 18.4. The van der Waals surface area contributed by atoms with Gasteiger partial charge in [-0.1, -0.05) is 42.5 Å². The quantitative estimate of drug-likeness (QED) is 0.241. The van der Waals surface area contributed by atoms with E-state index in [1.54, 1.807) is 11.3 Å². The normalized spacial score (nSPS) is 11.9. The SMILES string of the molecule is N=C(N)c1cccc(CC(c2cccc(NC(=O)CCN)c2)c2nc3ccccc3s2)c1. The number of anilines is 1. The number of nitrogens with zero attached hydrogens (tertiary/aromatic N) is 1. The van der Waals surface area contributed by atoms with Crippen LogP contribution in [0.5, 0.6) is 0 Å². The summed E-state index contributed by atoms with van der Waals surface area (Å²) >= 11 is 1.68. The third kappa shape index (κ3) is 5.01. The van der Waals surface area contributed by atoms with Crippen molar-refractivity contribution >= 4 is 39.0 Å². The highest BCUT2D eigenvalue weighted by atomic mass is 32.1. The average Bonchev–Trinajstić information content (AvgIpc) is 3.22. The van der Waals surface area contributed by atoms with E-state index >= 15 is 0 Å². The van der Waals surface area contributed by atoms with Crippen molar-refractivity contribution in [3.63, 3.8) is 0 Å². The minimum Gasteiger partial charge on any atom is -0.384 e. The van der Waals surface area contributed by atoms with Gasteiger partial charge in [0.05, 0.1) is 10.2 Å². The summed E-state index contributed by atoms with van der Waals surface area (Å²) in [6.45, 7) is 0.312. The second-order valence-corrected chi connectivity index (χ2v) is 8.67. The van der Waals surface area contributed by atoms with Crippen LogP contribution in [-0.4, -0.2) is 23.3 Å². The molecular weight excluding hydrogens is 418 g/mol. The fraction of sp³-hybridized carbons (Fsp3) is 0.160. The number of aromatic nitrogens is 1. The molecule has 3 aromatic carbocycles. The van der Waals surface area contributed by atoms with Crippen LogP contribution in [0, 0.1) is 5.41 Å². The van der Waals surface area contributed by atoms with E-state index in [-0.39, 0.29) is 24.1 Å². The van der Waals surface area contributed by atoms with Gasteiger partial charge in [0.15, 0.2) is 0 Å². The molecule has 1 unspecified atom stereocenters. The first-order chi connectivity index (χ1) is 15.5. The predicted molar refractivity (Wildman–Crippen MR) is 131 cm³/mol. The van der Waals surface area contributed by atoms with E-state index < -0.39 is 0 Å². The van der Waals surface area contributed by atoms with Gasteiger partial charge in [-0.05, 0) is 47.9 Å². The Labute approximate surface area is 190 Å². The standard InChI is InChI=1S/C25H25N5OS/c26-12-11-23(31)29-19-8-4-6-17(15-19)20(14-16-5-3-7-18(13-16)24(27)28)25-30-21-9-1-2-10-22(21)32-25/h1-10,13,15,20H,11-12,14,26H2,(H3,27,28)(H,29,31). The zero-order valence-electron chi connectivity index (χ0n) is 17.5. The molecule has 162 valence electrons. The molecule has 4 aromatic rings. The van der Waals surface area contributed by atoms with E-state index in [1.165, 1.54) is 0 Å². The highest BCUT2D eigenvalue weighted by molar-refractivity contribution is 7.18. The molecule has 0 fully saturated rings. The molecule has 0 aliphatic rings. The summed E-state index contributed by atoms with van der Waals surface area (Å²) in [6.07, 6.45) is 0.977. The number of nitrogen functional groups attached to an aromatic ring is 1. The van der Waals surface area contributed by atoms with Gasteiger partial charge in [0.1, 0.15) is 10.8 Å². The smallest absolute Gasteiger partial charge is 0.225 e. The Morgan fingerprint density at radius 2 is 1.88 bits per heavy atom. The van der Waals surface area contributed by atoms with Crippen molar-refractivity contribution in [2.75, 3.05) is 11.9 Å². The maximum Gasteiger partial charge on any atom is 0.225 e. The van der Waals surface area contributed by atoms with Crippen LogP contribution in [0.1, 0.15) is 34.0 Å². The number of thiazole rings is 1. The van der Waals surface area contributed by atoms with Crippen LogP contribution in [0.4, 0.5) is 5.69 Å². The Balaban J connectivity index is 1.73. The molecule has 0 aliphatic carbocycles. The summed E-state index contributed by atoms with van der Waals surface area (Å²) in [7, 11) is 0. The number of rotatable bonds is 8. The molecule has 0 radical (unpaired) electrons. The van der Waals surface area contributed by atoms with E-state index in [4.69, 9.17) is 21.9 Å². The van der Waals surface area contributed by atoms with Gasteiger partial charge >= 0.3 is 0 Å². The molecule has 7 heteroatoms. The second kappa shape index (κ2) is 9.72. The number of amides is 1. The third-order valence-electron chi connectivity index (χ3n) is 5.23. The Kier molecular flexibility index (Phi) is 6.58. The Morgan fingerprint density at radius 3 is 2.66 bits per heavy atom. The molecule has 4 rings (SSSR count). The van der Waals surface area contributed by atoms with Gasteiger partial charge in [-0.2, -0.15) is 0 Å².